The smallest absolute Gasteiger partial charge is 0.313 e. The molecule has 0 saturated heterocycles. The van der Waals surface area contributed by atoms with Gasteiger partial charge in [-0.05, 0) is 44.2 Å². The van der Waals surface area contributed by atoms with Gasteiger partial charge in [0, 0.05) is 23.6 Å². The van der Waals surface area contributed by atoms with Gasteiger partial charge in [-0.3, -0.25) is 9.59 Å². The van der Waals surface area contributed by atoms with Gasteiger partial charge in [-0.25, -0.2) is 4.68 Å². The minimum Gasteiger partial charge on any atom is -0.481 e. The Labute approximate surface area is 138 Å². The van der Waals surface area contributed by atoms with Gasteiger partial charge in [0.2, 0.25) is 0 Å². The lowest BCUT2D eigenvalue weighted by molar-refractivity contribution is -0.133. The van der Waals surface area contributed by atoms with Crippen LogP contribution in [0.1, 0.15) is 21.7 Å². The van der Waals surface area contributed by atoms with E-state index in [0.29, 0.717) is 17.9 Å². The second-order valence-corrected chi connectivity index (χ2v) is 6.19. The van der Waals surface area contributed by atoms with Crippen molar-refractivity contribution in [3.8, 4) is 5.69 Å². The van der Waals surface area contributed by atoms with Crippen molar-refractivity contribution in [2.45, 2.75) is 13.8 Å². The Bertz CT molecular complexity index is 695. The predicted octanol–water partition coefficient (Wildman–Crippen LogP) is 2.04. The molecule has 1 aromatic carbocycles. The lowest BCUT2D eigenvalue weighted by Crippen LogP contribution is -2.26. The topological polar surface area (TPSA) is 84.2 Å². The van der Waals surface area contributed by atoms with Crippen LogP contribution in [-0.2, 0) is 4.79 Å². The Morgan fingerprint density at radius 2 is 1.96 bits per heavy atom. The second kappa shape index (κ2) is 7.82. The molecule has 0 radical (unpaired) electrons. The van der Waals surface area contributed by atoms with Crippen molar-refractivity contribution < 1.29 is 14.7 Å². The Balaban J connectivity index is 1.90. The van der Waals surface area contributed by atoms with Crippen LogP contribution in [0.3, 0.4) is 0 Å². The number of nitrogens with zero attached hydrogens (tertiary/aromatic N) is 2. The number of thioether (sulfide) groups is 1. The van der Waals surface area contributed by atoms with Crippen LogP contribution < -0.4 is 5.32 Å². The van der Waals surface area contributed by atoms with Crippen molar-refractivity contribution >= 4 is 23.6 Å². The maximum atomic E-state index is 12.0. The molecule has 1 amide bonds. The molecule has 0 bridgehead atoms. The number of hydrogen-bond donors (Lipinski definition) is 2. The lowest BCUT2D eigenvalue weighted by Gasteiger charge is -2.07. The number of carbonyl (C=O) groups excluding carboxylic acids is 1. The molecule has 122 valence electrons. The van der Waals surface area contributed by atoms with E-state index < -0.39 is 5.97 Å². The first-order chi connectivity index (χ1) is 11.0. The van der Waals surface area contributed by atoms with Crippen molar-refractivity contribution in [1.29, 1.82) is 0 Å². The van der Waals surface area contributed by atoms with Crippen molar-refractivity contribution in [2.75, 3.05) is 18.1 Å². The number of carbonyl (C=O) groups is 2. The summed E-state index contributed by atoms with van der Waals surface area (Å²) in [4.78, 5) is 22.4. The molecule has 7 heteroatoms. The van der Waals surface area contributed by atoms with E-state index in [2.05, 4.69) is 10.4 Å². The fourth-order valence-corrected chi connectivity index (χ4v) is 2.71. The van der Waals surface area contributed by atoms with Gasteiger partial charge in [0.05, 0.1) is 17.1 Å². The van der Waals surface area contributed by atoms with E-state index in [-0.39, 0.29) is 11.7 Å². The summed E-state index contributed by atoms with van der Waals surface area (Å²) in [5.41, 5.74) is 3.46. The van der Waals surface area contributed by atoms with E-state index in [4.69, 9.17) is 5.11 Å². The van der Waals surface area contributed by atoms with E-state index in [1.54, 1.807) is 12.1 Å². The molecule has 6 nitrogen and oxygen atoms in total. The first-order valence-corrected chi connectivity index (χ1v) is 8.34. The minimum absolute atomic E-state index is 0.0488. The first kappa shape index (κ1) is 17.1. The van der Waals surface area contributed by atoms with Crippen molar-refractivity contribution in [2.24, 2.45) is 0 Å². The summed E-state index contributed by atoms with van der Waals surface area (Å²) in [6.07, 6.45) is 0. The van der Waals surface area contributed by atoms with E-state index in [0.717, 1.165) is 17.1 Å². The first-order valence-electron chi connectivity index (χ1n) is 7.19. The van der Waals surface area contributed by atoms with Crippen LogP contribution >= 0.6 is 11.8 Å². The molecule has 0 atom stereocenters. The summed E-state index contributed by atoms with van der Waals surface area (Å²) in [6.45, 7) is 4.36. The third kappa shape index (κ3) is 4.85. The van der Waals surface area contributed by atoms with Crippen LogP contribution in [0.25, 0.3) is 5.69 Å². The SMILES string of the molecule is Cc1cc(C)n(-c2ccc(C(=O)NCCSCC(=O)O)cc2)n1. The molecule has 2 rings (SSSR count). The van der Waals surface area contributed by atoms with Crippen LogP contribution in [0, 0.1) is 13.8 Å². The monoisotopic (exact) mass is 333 g/mol. The number of aromatic nitrogens is 2. The number of carboxylic acid groups (broad SMARTS) is 1. The van der Waals surface area contributed by atoms with Gasteiger partial charge in [-0.2, -0.15) is 5.10 Å². The Morgan fingerprint density at radius 1 is 1.26 bits per heavy atom. The Morgan fingerprint density at radius 3 is 2.52 bits per heavy atom. The summed E-state index contributed by atoms with van der Waals surface area (Å²) < 4.78 is 1.83. The lowest BCUT2D eigenvalue weighted by atomic mass is 10.2. The summed E-state index contributed by atoms with van der Waals surface area (Å²) in [7, 11) is 0. The second-order valence-electron chi connectivity index (χ2n) is 5.09. The molecule has 1 heterocycles. The molecular weight excluding hydrogens is 314 g/mol. The van der Waals surface area contributed by atoms with Crippen LogP contribution in [0.4, 0.5) is 0 Å². The molecule has 0 aliphatic rings. The van der Waals surface area contributed by atoms with Gasteiger partial charge in [0.15, 0.2) is 0 Å². The largest absolute Gasteiger partial charge is 0.481 e. The zero-order valence-electron chi connectivity index (χ0n) is 13.1. The molecule has 2 N–H and O–H groups in total. The molecule has 1 aromatic heterocycles. The number of aliphatic carboxylic acids is 1. The molecule has 2 aromatic rings. The van der Waals surface area contributed by atoms with Gasteiger partial charge in [0.1, 0.15) is 0 Å². The average Bonchev–Trinajstić information content (AvgIpc) is 2.85. The highest BCUT2D eigenvalue weighted by Gasteiger charge is 2.07. The average molecular weight is 333 g/mol. The number of hydrogen-bond acceptors (Lipinski definition) is 4. The number of carboxylic acids is 1. The fourth-order valence-electron chi connectivity index (χ4n) is 2.14. The van der Waals surface area contributed by atoms with Crippen molar-refractivity contribution in [3.05, 3.63) is 47.3 Å². The molecule has 0 aliphatic heterocycles. The molecule has 0 fully saturated rings. The Hall–Kier alpha value is -2.28. The van der Waals surface area contributed by atoms with Crippen LogP contribution in [0.2, 0.25) is 0 Å². The van der Waals surface area contributed by atoms with Crippen molar-refractivity contribution in [3.63, 3.8) is 0 Å². The van der Waals surface area contributed by atoms with Crippen LogP contribution in [0.15, 0.2) is 30.3 Å². The number of amides is 1. The quantitative estimate of drug-likeness (QED) is 0.758. The molecule has 23 heavy (non-hydrogen) atoms. The van der Waals surface area contributed by atoms with E-state index in [1.165, 1.54) is 11.8 Å². The van der Waals surface area contributed by atoms with Gasteiger partial charge >= 0.3 is 5.97 Å². The highest BCUT2D eigenvalue weighted by Crippen LogP contribution is 2.13. The number of aryl methyl sites for hydroxylation is 2. The number of benzene rings is 1. The van der Waals surface area contributed by atoms with Gasteiger partial charge in [0.25, 0.3) is 5.91 Å². The summed E-state index contributed by atoms with van der Waals surface area (Å²) >= 11 is 1.28. The minimum atomic E-state index is -0.846. The molecular formula is C16H19N3O3S. The van der Waals surface area contributed by atoms with Crippen LogP contribution in [-0.4, -0.2) is 44.8 Å². The molecule has 0 spiro atoms. The van der Waals surface area contributed by atoms with Crippen molar-refractivity contribution in [1.82, 2.24) is 15.1 Å². The van der Waals surface area contributed by atoms with E-state index >= 15 is 0 Å². The molecule has 0 aliphatic carbocycles. The predicted molar refractivity (Wildman–Crippen MR) is 90.3 cm³/mol. The number of rotatable bonds is 7. The molecule has 0 unspecified atom stereocenters. The van der Waals surface area contributed by atoms with Gasteiger partial charge < -0.3 is 10.4 Å². The zero-order chi connectivity index (χ0) is 16.8. The third-order valence-electron chi connectivity index (χ3n) is 3.14. The summed E-state index contributed by atoms with van der Waals surface area (Å²) in [5.74, 6) is -0.392. The molecule has 0 saturated carbocycles. The van der Waals surface area contributed by atoms with E-state index in [9.17, 15) is 9.59 Å². The standard InChI is InChI=1S/C16H19N3O3S/c1-11-9-12(2)19(18-11)14-5-3-13(4-6-14)16(22)17-7-8-23-10-15(20)21/h3-6,9H,7-8,10H2,1-2H3,(H,17,22)(H,20,21). The highest BCUT2D eigenvalue weighted by atomic mass is 32.2. The van der Waals surface area contributed by atoms with Crippen LogP contribution in [0.5, 0.6) is 0 Å². The van der Waals surface area contributed by atoms with Gasteiger partial charge in [-0.1, -0.05) is 0 Å². The maximum Gasteiger partial charge on any atom is 0.313 e. The summed E-state index contributed by atoms with van der Waals surface area (Å²) in [5, 5.41) is 15.7. The third-order valence-corrected chi connectivity index (χ3v) is 4.09. The summed E-state index contributed by atoms with van der Waals surface area (Å²) in [6, 6.07) is 9.22. The van der Waals surface area contributed by atoms with E-state index in [1.807, 2.05) is 36.7 Å². The number of nitrogens with one attached hydrogen (secondary N) is 1. The zero-order valence-corrected chi connectivity index (χ0v) is 13.9. The van der Waals surface area contributed by atoms with Gasteiger partial charge in [-0.15, -0.1) is 11.8 Å². The maximum absolute atomic E-state index is 12.0. The Kier molecular flexibility index (Phi) is 5.81. The fraction of sp³-hybridized carbons (Fsp3) is 0.312. The normalized spacial score (nSPS) is 10.5. The highest BCUT2D eigenvalue weighted by molar-refractivity contribution is 7.99.